The van der Waals surface area contributed by atoms with Crippen molar-refractivity contribution < 1.29 is 21.1 Å². The summed E-state index contributed by atoms with van der Waals surface area (Å²) in [4.78, 5) is 12.6. The van der Waals surface area contributed by atoms with E-state index in [1.807, 2.05) is 10.9 Å². The number of anilines is 9. The molecule has 4 aliphatic heterocycles. The molecule has 54 heavy (non-hydrogen) atoms. The van der Waals surface area contributed by atoms with E-state index < -0.39 is 0 Å². The van der Waals surface area contributed by atoms with Crippen LogP contribution < -0.4 is 14.7 Å². The quantitative estimate of drug-likeness (QED) is 0.142. The zero-order valence-electron chi connectivity index (χ0n) is 31.0. The van der Waals surface area contributed by atoms with E-state index in [4.69, 9.17) is 10.1 Å². The van der Waals surface area contributed by atoms with Gasteiger partial charge < -0.3 is 9.80 Å². The molecule has 0 saturated carbocycles. The number of benzene rings is 5. The Hall–Kier alpha value is -5.45. The van der Waals surface area contributed by atoms with E-state index in [0.29, 0.717) is 0 Å². The van der Waals surface area contributed by atoms with E-state index in [-0.39, 0.29) is 37.3 Å². The van der Waals surface area contributed by atoms with Crippen molar-refractivity contribution in [1.82, 2.24) is 14.8 Å². The maximum absolute atomic E-state index is 5.65. The van der Waals surface area contributed by atoms with Gasteiger partial charge in [0.15, 0.2) is 5.82 Å². The van der Waals surface area contributed by atoms with Crippen molar-refractivity contribution >= 4 is 51.6 Å². The van der Waals surface area contributed by atoms with Crippen LogP contribution in [0.15, 0.2) is 121 Å². The van der Waals surface area contributed by atoms with Crippen LogP contribution in [0.5, 0.6) is 0 Å². The predicted octanol–water partition coefficient (Wildman–Crippen LogP) is 11.5. The molecule has 0 amide bonds. The molecule has 6 heterocycles. The Balaban J connectivity index is 0.00000361. The Morgan fingerprint density at radius 1 is 0.444 bits per heavy atom. The van der Waals surface area contributed by atoms with E-state index in [0.717, 1.165) is 62.8 Å². The van der Waals surface area contributed by atoms with Gasteiger partial charge in [-0.2, -0.15) is 17.2 Å². The largest absolute Gasteiger partial charge is 2.00 e. The molecule has 11 rings (SSSR count). The first-order chi connectivity index (χ1) is 25.5. The van der Waals surface area contributed by atoms with Gasteiger partial charge in [0.25, 0.3) is 0 Å². The third-order valence-corrected chi connectivity index (χ3v) is 12.3. The maximum Gasteiger partial charge on any atom is 2.00 e. The second-order valence-electron chi connectivity index (χ2n) is 16.3. The standard InChI is InChI=1S/C47H38N6.Pt/c1-45(2)31-13-7-10-16-37(31)51-30-20-22-35-41(28-30)52(38-17-11-8-14-32(38)46(35,3)4)42-24-23-36-44(48-42)53(39-18-12-9-15-33(39)47(36,5)6)43-25-26-50(49-43)29-19-21-34(45)40(51)27-29;/h7-26H,1-6H3;/q-2;+2. The first-order valence-corrected chi connectivity index (χ1v) is 18.5. The van der Waals surface area contributed by atoms with Gasteiger partial charge in [0.1, 0.15) is 11.6 Å². The summed E-state index contributed by atoms with van der Waals surface area (Å²) in [6.45, 7) is 13.9. The molecule has 0 fully saturated rings. The van der Waals surface area contributed by atoms with Gasteiger partial charge in [-0.1, -0.05) is 119 Å². The van der Waals surface area contributed by atoms with Crippen LogP contribution in [-0.4, -0.2) is 14.8 Å². The first-order valence-electron chi connectivity index (χ1n) is 18.5. The fourth-order valence-electron chi connectivity index (χ4n) is 9.46. The molecular formula is C47H38N6Pt. The van der Waals surface area contributed by atoms with E-state index in [1.54, 1.807) is 0 Å². The second-order valence-corrected chi connectivity index (χ2v) is 16.3. The number of para-hydroxylation sites is 3. The zero-order chi connectivity index (χ0) is 36.0. The average molecular weight is 882 g/mol. The van der Waals surface area contributed by atoms with Crippen molar-refractivity contribution in [3.05, 3.63) is 167 Å². The second kappa shape index (κ2) is 11.1. The summed E-state index contributed by atoms with van der Waals surface area (Å²) in [6.07, 6.45) is 2.04. The molecule has 0 N–H and O–H groups in total. The molecule has 2 aromatic heterocycles. The number of hydrogen-bond acceptors (Lipinski definition) is 5. The van der Waals surface area contributed by atoms with Gasteiger partial charge in [0.05, 0.1) is 5.69 Å². The molecule has 0 radical (unpaired) electrons. The molecule has 0 aliphatic carbocycles. The Morgan fingerprint density at radius 2 is 0.926 bits per heavy atom. The van der Waals surface area contributed by atoms with Crippen molar-refractivity contribution in [2.24, 2.45) is 0 Å². The fourth-order valence-corrected chi connectivity index (χ4v) is 9.46. The van der Waals surface area contributed by atoms with Crippen LogP contribution in [0.2, 0.25) is 0 Å². The number of aromatic nitrogens is 3. The number of pyridine rings is 1. The molecule has 7 aromatic rings. The Labute approximate surface area is 331 Å². The third kappa shape index (κ3) is 4.20. The van der Waals surface area contributed by atoms with Gasteiger partial charge in [-0.05, 0) is 57.5 Å². The normalized spacial score (nSPS) is 16.9. The van der Waals surface area contributed by atoms with Crippen LogP contribution in [0.1, 0.15) is 74.9 Å². The van der Waals surface area contributed by atoms with Crippen molar-refractivity contribution in [1.29, 1.82) is 0 Å². The Morgan fingerprint density at radius 3 is 1.56 bits per heavy atom. The molecule has 0 spiro atoms. The Bertz CT molecular complexity index is 2700. The van der Waals surface area contributed by atoms with Gasteiger partial charge >= 0.3 is 21.1 Å². The molecule has 0 atom stereocenters. The summed E-state index contributed by atoms with van der Waals surface area (Å²) >= 11 is 0. The number of nitrogens with zero attached hydrogens (tertiary/aromatic N) is 6. The molecule has 6 nitrogen and oxygen atoms in total. The van der Waals surface area contributed by atoms with Gasteiger partial charge in [0.2, 0.25) is 0 Å². The first kappa shape index (κ1) is 33.1. The van der Waals surface area contributed by atoms with E-state index in [1.165, 1.54) is 27.8 Å². The van der Waals surface area contributed by atoms with Crippen molar-refractivity contribution in [2.75, 3.05) is 14.7 Å². The summed E-state index contributed by atoms with van der Waals surface area (Å²) in [5.74, 6) is 2.51. The fraction of sp³-hybridized carbons (Fsp3) is 0.191. The van der Waals surface area contributed by atoms with Crippen LogP contribution in [0, 0.1) is 12.1 Å². The summed E-state index contributed by atoms with van der Waals surface area (Å²) in [5.41, 5.74) is 13.6. The monoisotopic (exact) mass is 881 g/mol. The molecule has 7 heteroatoms. The zero-order valence-corrected chi connectivity index (χ0v) is 33.3. The van der Waals surface area contributed by atoms with Crippen LogP contribution in [0.4, 0.5) is 51.6 Å². The molecule has 0 saturated heterocycles. The van der Waals surface area contributed by atoms with E-state index in [2.05, 4.69) is 184 Å². The van der Waals surface area contributed by atoms with Crippen LogP contribution in [0.3, 0.4) is 0 Å². The van der Waals surface area contributed by atoms with Crippen LogP contribution in [-0.2, 0) is 37.3 Å². The minimum Gasteiger partial charge on any atom is -0.358 e. The predicted molar refractivity (Wildman–Crippen MR) is 213 cm³/mol. The maximum atomic E-state index is 5.65. The van der Waals surface area contributed by atoms with Gasteiger partial charge in [-0.3, -0.25) is 9.58 Å². The van der Waals surface area contributed by atoms with E-state index in [9.17, 15) is 0 Å². The summed E-state index contributed by atoms with van der Waals surface area (Å²) in [6, 6.07) is 49.6. The minimum absolute atomic E-state index is 0. The summed E-state index contributed by atoms with van der Waals surface area (Å²) in [5, 5.41) is 5.28. The minimum atomic E-state index is -0.285. The molecule has 8 bridgehead atoms. The summed E-state index contributed by atoms with van der Waals surface area (Å²) < 4.78 is 1.95. The number of rotatable bonds is 0. The molecular weight excluding hydrogens is 844 g/mol. The van der Waals surface area contributed by atoms with Crippen LogP contribution >= 0.6 is 0 Å². The number of hydrogen-bond donors (Lipinski definition) is 0. The van der Waals surface area contributed by atoms with Crippen LogP contribution in [0.25, 0.3) is 5.69 Å². The van der Waals surface area contributed by atoms with E-state index >= 15 is 0 Å². The summed E-state index contributed by atoms with van der Waals surface area (Å²) in [7, 11) is 0. The molecule has 4 aliphatic rings. The SMILES string of the molecule is CC1(C)c2ccc3[c-]c2N(c2[c-]c4c(cc2)C(C)(C)c2ccccc2N4c2ccc4c(n2)N(c2ccn-3n2)c2ccccc2C4(C)C)c2ccccc21.[Pt+2]. The number of fused-ring (bicyclic) bond motifs is 15. The van der Waals surface area contributed by atoms with Gasteiger partial charge in [-0.15, -0.1) is 35.4 Å². The van der Waals surface area contributed by atoms with Crippen molar-refractivity contribution in [2.45, 2.75) is 57.8 Å². The van der Waals surface area contributed by atoms with Crippen molar-refractivity contribution in [3.63, 3.8) is 0 Å². The molecule has 266 valence electrons. The molecule has 0 unspecified atom stereocenters. The average Bonchev–Trinajstić information content (AvgIpc) is 3.64. The van der Waals surface area contributed by atoms with Gasteiger partial charge in [-0.25, -0.2) is 4.98 Å². The molecule has 5 aromatic carbocycles. The topological polar surface area (TPSA) is 40.4 Å². The van der Waals surface area contributed by atoms with Gasteiger partial charge in [0, 0.05) is 34.6 Å². The smallest absolute Gasteiger partial charge is 0.358 e. The third-order valence-electron chi connectivity index (χ3n) is 12.3. The van der Waals surface area contributed by atoms with Crippen molar-refractivity contribution in [3.8, 4) is 5.69 Å². The Kier molecular flexibility index (Phi) is 6.78.